The quantitative estimate of drug-likeness (QED) is 0.785. The lowest BCUT2D eigenvalue weighted by atomic mass is 10.1. The lowest BCUT2D eigenvalue weighted by molar-refractivity contribution is -0.266. The molecule has 0 aliphatic carbocycles. The standard InChI is InChI=1S/C19H27N3O3S/c1-13(2)22-18(25)15(16(23)14-7-12-26-19(14)22)17(24)20-8-6-11-21-9-4-3-5-10-21/h7,12-13,23H,3-6,8-11H2,1-2H3,(H,20,24)/p-1. The monoisotopic (exact) mass is 376 g/mol. The summed E-state index contributed by atoms with van der Waals surface area (Å²) in [6, 6.07) is 1.57. The van der Waals surface area contributed by atoms with Gasteiger partial charge in [0.05, 0.1) is 5.56 Å². The minimum absolute atomic E-state index is 0.116. The molecule has 0 radical (unpaired) electrons. The lowest BCUT2D eigenvalue weighted by Crippen LogP contribution is -2.37. The molecule has 1 aliphatic heterocycles. The molecule has 0 spiro atoms. The van der Waals surface area contributed by atoms with Crippen LogP contribution >= 0.6 is 11.3 Å². The fraction of sp³-hybridized carbons (Fsp3) is 0.579. The number of nitrogens with one attached hydrogen (secondary N) is 1. The Morgan fingerprint density at radius 2 is 2.04 bits per heavy atom. The van der Waals surface area contributed by atoms with Gasteiger partial charge in [-0.2, -0.15) is 0 Å². The van der Waals surface area contributed by atoms with E-state index >= 15 is 0 Å². The zero-order valence-electron chi connectivity index (χ0n) is 15.4. The Morgan fingerprint density at radius 1 is 1.31 bits per heavy atom. The van der Waals surface area contributed by atoms with Crippen molar-refractivity contribution < 1.29 is 9.90 Å². The Hall–Kier alpha value is -1.86. The molecule has 0 unspecified atom stereocenters. The molecule has 3 rings (SSSR count). The minimum Gasteiger partial charge on any atom is -0.871 e. The van der Waals surface area contributed by atoms with Crippen LogP contribution in [0, 0.1) is 0 Å². The maximum atomic E-state index is 12.8. The van der Waals surface area contributed by atoms with Crippen LogP contribution in [0.1, 0.15) is 55.9 Å². The maximum absolute atomic E-state index is 12.8. The van der Waals surface area contributed by atoms with Crippen molar-refractivity contribution >= 4 is 27.5 Å². The van der Waals surface area contributed by atoms with Crippen LogP contribution in [0.15, 0.2) is 16.2 Å². The first-order valence-electron chi connectivity index (χ1n) is 9.34. The summed E-state index contributed by atoms with van der Waals surface area (Å²) in [7, 11) is 0. The van der Waals surface area contributed by atoms with E-state index in [4.69, 9.17) is 0 Å². The number of pyridine rings is 1. The number of amides is 1. The molecule has 3 heterocycles. The smallest absolute Gasteiger partial charge is 0.264 e. The van der Waals surface area contributed by atoms with Crippen molar-refractivity contribution in [3.63, 3.8) is 0 Å². The summed E-state index contributed by atoms with van der Waals surface area (Å²) in [5.74, 6) is -1.02. The van der Waals surface area contributed by atoms with Gasteiger partial charge in [-0.1, -0.05) is 12.2 Å². The molecule has 0 atom stereocenters. The highest BCUT2D eigenvalue weighted by atomic mass is 32.1. The number of hydrogen-bond acceptors (Lipinski definition) is 5. The van der Waals surface area contributed by atoms with Crippen molar-refractivity contribution in [3.8, 4) is 5.75 Å². The second-order valence-electron chi connectivity index (χ2n) is 7.12. The number of carbonyl (C=O) groups excluding carboxylic acids is 1. The third-order valence-electron chi connectivity index (χ3n) is 4.90. The fourth-order valence-electron chi connectivity index (χ4n) is 3.55. The number of fused-ring (bicyclic) bond motifs is 1. The summed E-state index contributed by atoms with van der Waals surface area (Å²) in [4.78, 5) is 28.3. The summed E-state index contributed by atoms with van der Waals surface area (Å²) in [5, 5.41) is 17.6. The number of likely N-dealkylation sites (tertiary alicyclic amines) is 1. The van der Waals surface area contributed by atoms with Crippen LogP contribution in [-0.2, 0) is 0 Å². The molecule has 0 saturated carbocycles. The van der Waals surface area contributed by atoms with Gasteiger partial charge in [0.15, 0.2) is 0 Å². The molecule has 1 saturated heterocycles. The second-order valence-corrected chi connectivity index (χ2v) is 8.02. The zero-order valence-corrected chi connectivity index (χ0v) is 16.2. The van der Waals surface area contributed by atoms with Crippen molar-refractivity contribution in [1.82, 2.24) is 14.8 Å². The van der Waals surface area contributed by atoms with Crippen LogP contribution in [0.5, 0.6) is 5.75 Å². The molecule has 1 N–H and O–H groups in total. The Labute approximate surface area is 157 Å². The largest absolute Gasteiger partial charge is 0.871 e. The normalized spacial score (nSPS) is 15.7. The average Bonchev–Trinajstić information content (AvgIpc) is 3.09. The highest BCUT2D eigenvalue weighted by Crippen LogP contribution is 2.29. The second kappa shape index (κ2) is 8.22. The number of nitrogens with zero attached hydrogens (tertiary/aromatic N) is 2. The van der Waals surface area contributed by atoms with Crippen molar-refractivity contribution in [3.05, 3.63) is 27.4 Å². The van der Waals surface area contributed by atoms with E-state index in [0.717, 1.165) is 26.1 Å². The molecule has 0 aromatic carbocycles. The highest BCUT2D eigenvalue weighted by molar-refractivity contribution is 7.16. The van der Waals surface area contributed by atoms with Gasteiger partial charge in [0.2, 0.25) is 0 Å². The van der Waals surface area contributed by atoms with E-state index in [0.29, 0.717) is 16.8 Å². The molecule has 7 heteroatoms. The van der Waals surface area contributed by atoms with Gasteiger partial charge >= 0.3 is 0 Å². The van der Waals surface area contributed by atoms with Crippen LogP contribution in [0.3, 0.4) is 0 Å². The van der Waals surface area contributed by atoms with Gasteiger partial charge in [-0.15, -0.1) is 11.3 Å². The first-order chi connectivity index (χ1) is 12.5. The third kappa shape index (κ3) is 3.78. The van der Waals surface area contributed by atoms with E-state index in [1.165, 1.54) is 30.6 Å². The molecule has 0 bridgehead atoms. The fourth-order valence-corrected chi connectivity index (χ4v) is 4.58. The van der Waals surface area contributed by atoms with E-state index in [1.54, 1.807) is 16.0 Å². The molecule has 2 aromatic heterocycles. The van der Waals surface area contributed by atoms with Crippen molar-refractivity contribution in [2.45, 2.75) is 45.6 Å². The predicted molar refractivity (Wildman–Crippen MR) is 103 cm³/mol. The predicted octanol–water partition coefficient (Wildman–Crippen LogP) is 2.32. The van der Waals surface area contributed by atoms with Crippen LogP contribution in [-0.4, -0.2) is 41.6 Å². The van der Waals surface area contributed by atoms with E-state index in [2.05, 4.69) is 10.2 Å². The SMILES string of the molecule is CC(C)n1c(=O)c(C(=O)NCCCN2CCCCC2)c([O-])c2ccsc21. The molecule has 142 valence electrons. The Kier molecular flexibility index (Phi) is 5.98. The lowest BCUT2D eigenvalue weighted by Gasteiger charge is -2.26. The summed E-state index contributed by atoms with van der Waals surface area (Å²) in [6.07, 6.45) is 4.59. The zero-order chi connectivity index (χ0) is 18.7. The number of rotatable bonds is 6. The van der Waals surface area contributed by atoms with Gasteiger partial charge in [-0.25, -0.2) is 0 Å². The van der Waals surface area contributed by atoms with Crippen LogP contribution in [0.4, 0.5) is 0 Å². The first kappa shape index (κ1) is 18.9. The van der Waals surface area contributed by atoms with E-state index < -0.39 is 17.2 Å². The van der Waals surface area contributed by atoms with Gasteiger partial charge in [-0.05, 0) is 64.2 Å². The van der Waals surface area contributed by atoms with Gasteiger partial charge < -0.3 is 15.3 Å². The topological polar surface area (TPSA) is 77.4 Å². The minimum atomic E-state index is -0.554. The van der Waals surface area contributed by atoms with Gasteiger partial charge in [-0.3, -0.25) is 14.2 Å². The summed E-state index contributed by atoms with van der Waals surface area (Å²) in [5.41, 5.74) is -0.754. The summed E-state index contributed by atoms with van der Waals surface area (Å²) >= 11 is 1.35. The van der Waals surface area contributed by atoms with Gasteiger partial charge in [0, 0.05) is 18.0 Å². The van der Waals surface area contributed by atoms with E-state index in [1.807, 2.05) is 13.8 Å². The molecular formula is C19H26N3O3S-. The number of carbonyl (C=O) groups is 1. The van der Waals surface area contributed by atoms with Crippen molar-refractivity contribution in [2.24, 2.45) is 0 Å². The van der Waals surface area contributed by atoms with Crippen molar-refractivity contribution in [1.29, 1.82) is 0 Å². The molecule has 26 heavy (non-hydrogen) atoms. The number of aromatic nitrogens is 1. The van der Waals surface area contributed by atoms with Gasteiger partial charge in [0.1, 0.15) is 4.83 Å². The number of thiophene rings is 1. The van der Waals surface area contributed by atoms with Crippen LogP contribution in [0.25, 0.3) is 10.2 Å². The first-order valence-corrected chi connectivity index (χ1v) is 10.2. The number of piperidine rings is 1. The van der Waals surface area contributed by atoms with Gasteiger partial charge in [0.25, 0.3) is 11.5 Å². The Balaban J connectivity index is 1.72. The summed E-state index contributed by atoms with van der Waals surface area (Å²) in [6.45, 7) is 7.40. The molecule has 1 aliphatic rings. The molecule has 6 nitrogen and oxygen atoms in total. The maximum Gasteiger partial charge on any atom is 0.264 e. The molecule has 2 aromatic rings. The average molecular weight is 377 g/mol. The number of hydrogen-bond donors (Lipinski definition) is 1. The summed E-state index contributed by atoms with van der Waals surface area (Å²) < 4.78 is 1.55. The van der Waals surface area contributed by atoms with Crippen LogP contribution in [0.2, 0.25) is 0 Å². The Bertz CT molecular complexity index is 834. The molecule has 1 fully saturated rings. The van der Waals surface area contributed by atoms with E-state index in [-0.39, 0.29) is 11.6 Å². The van der Waals surface area contributed by atoms with E-state index in [9.17, 15) is 14.7 Å². The third-order valence-corrected chi connectivity index (χ3v) is 5.81. The molecular weight excluding hydrogens is 350 g/mol. The molecule has 1 amide bonds. The van der Waals surface area contributed by atoms with Crippen LogP contribution < -0.4 is 16.0 Å². The Morgan fingerprint density at radius 3 is 2.73 bits per heavy atom. The van der Waals surface area contributed by atoms with Crippen molar-refractivity contribution in [2.75, 3.05) is 26.2 Å². The highest BCUT2D eigenvalue weighted by Gasteiger charge is 2.19.